The summed E-state index contributed by atoms with van der Waals surface area (Å²) in [5.41, 5.74) is 0.477. The van der Waals surface area contributed by atoms with Crippen LogP contribution in [0.25, 0.3) is 0 Å². The van der Waals surface area contributed by atoms with Gasteiger partial charge in [-0.15, -0.1) is 0 Å². The molecule has 0 saturated heterocycles. The van der Waals surface area contributed by atoms with Gasteiger partial charge in [0.1, 0.15) is 6.61 Å². The highest BCUT2D eigenvalue weighted by atomic mass is 16.5. The second-order valence-electron chi connectivity index (χ2n) is 4.49. The molecule has 0 aromatic heterocycles. The molecular formula is C16H26O6. The number of esters is 2. The summed E-state index contributed by atoms with van der Waals surface area (Å²) in [6.07, 6.45) is 5.34. The molecule has 0 saturated carbocycles. The fraction of sp³-hybridized carbons (Fsp3) is 0.562. The Morgan fingerprint density at radius 3 is 2.18 bits per heavy atom. The summed E-state index contributed by atoms with van der Waals surface area (Å²) in [7, 11) is 0. The van der Waals surface area contributed by atoms with Gasteiger partial charge in [-0.25, -0.2) is 9.59 Å². The maximum Gasteiger partial charge on any atom is 0.333 e. The first-order chi connectivity index (χ1) is 10.3. The van der Waals surface area contributed by atoms with Gasteiger partial charge in [-0.2, -0.15) is 0 Å². The van der Waals surface area contributed by atoms with Crippen molar-refractivity contribution in [3.8, 4) is 0 Å². The van der Waals surface area contributed by atoms with Crippen LogP contribution >= 0.6 is 0 Å². The molecule has 0 fully saturated rings. The van der Waals surface area contributed by atoms with E-state index in [9.17, 15) is 14.4 Å². The normalized spacial score (nSPS) is 9.00. The third-order valence-corrected chi connectivity index (χ3v) is 2.31. The second kappa shape index (κ2) is 15.3. The molecular weight excluding hydrogens is 288 g/mol. The Morgan fingerprint density at radius 1 is 1.09 bits per heavy atom. The fourth-order valence-electron chi connectivity index (χ4n) is 1.11. The van der Waals surface area contributed by atoms with Crippen LogP contribution in [0.3, 0.4) is 0 Å². The van der Waals surface area contributed by atoms with Gasteiger partial charge in [0.2, 0.25) is 0 Å². The van der Waals surface area contributed by atoms with E-state index in [-0.39, 0.29) is 19.0 Å². The third kappa shape index (κ3) is 17.9. The van der Waals surface area contributed by atoms with E-state index in [1.54, 1.807) is 6.92 Å². The van der Waals surface area contributed by atoms with Crippen LogP contribution in [0.5, 0.6) is 0 Å². The number of hydrogen-bond acceptors (Lipinski definition) is 5. The van der Waals surface area contributed by atoms with Gasteiger partial charge in [0, 0.05) is 11.6 Å². The van der Waals surface area contributed by atoms with Gasteiger partial charge in [-0.05, 0) is 13.3 Å². The number of hydrogen-bond donors (Lipinski definition) is 1. The van der Waals surface area contributed by atoms with Crippen molar-refractivity contribution in [1.29, 1.82) is 0 Å². The van der Waals surface area contributed by atoms with Crippen molar-refractivity contribution >= 4 is 17.9 Å². The van der Waals surface area contributed by atoms with E-state index in [0.29, 0.717) is 12.2 Å². The molecule has 0 aromatic carbocycles. The third-order valence-electron chi connectivity index (χ3n) is 2.31. The lowest BCUT2D eigenvalue weighted by atomic mass is 10.2. The molecule has 0 aliphatic rings. The average Bonchev–Trinajstić information content (AvgIpc) is 2.46. The highest BCUT2D eigenvalue weighted by Gasteiger charge is 2.01. The number of ether oxygens (including phenoxy) is 2. The largest absolute Gasteiger partial charge is 0.481 e. The zero-order valence-corrected chi connectivity index (χ0v) is 13.4. The summed E-state index contributed by atoms with van der Waals surface area (Å²) in [5.74, 6) is -1.86. The molecule has 0 amide bonds. The van der Waals surface area contributed by atoms with Crippen molar-refractivity contribution in [2.45, 2.75) is 46.0 Å². The van der Waals surface area contributed by atoms with Gasteiger partial charge < -0.3 is 14.6 Å². The summed E-state index contributed by atoms with van der Waals surface area (Å²) in [6, 6.07) is 0. The highest BCUT2D eigenvalue weighted by molar-refractivity contribution is 5.86. The summed E-state index contributed by atoms with van der Waals surface area (Å²) < 4.78 is 9.28. The minimum absolute atomic E-state index is 0.0970. The summed E-state index contributed by atoms with van der Waals surface area (Å²) in [6.45, 7) is 10.9. The van der Waals surface area contributed by atoms with Gasteiger partial charge >= 0.3 is 17.9 Å². The molecule has 0 aliphatic carbocycles. The molecule has 0 aliphatic heterocycles. The minimum Gasteiger partial charge on any atom is -0.481 e. The number of rotatable bonds is 10. The Bertz CT molecular complexity index is 373. The second-order valence-corrected chi connectivity index (χ2v) is 4.49. The molecule has 0 spiro atoms. The number of carbonyl (C=O) groups excluding carboxylic acids is 2. The first-order valence-corrected chi connectivity index (χ1v) is 7.18. The molecule has 0 heterocycles. The van der Waals surface area contributed by atoms with Crippen LogP contribution in [0.4, 0.5) is 0 Å². The van der Waals surface area contributed by atoms with Crippen LogP contribution < -0.4 is 0 Å². The van der Waals surface area contributed by atoms with Gasteiger partial charge in [0.25, 0.3) is 0 Å². The van der Waals surface area contributed by atoms with Crippen LogP contribution in [-0.4, -0.2) is 36.2 Å². The highest BCUT2D eigenvalue weighted by Crippen LogP contribution is 2.00. The summed E-state index contributed by atoms with van der Waals surface area (Å²) in [4.78, 5) is 31.0. The Balaban J connectivity index is 0. The predicted octanol–water partition coefficient (Wildman–Crippen LogP) is 2.88. The van der Waals surface area contributed by atoms with E-state index in [1.807, 2.05) is 0 Å². The Labute approximate surface area is 131 Å². The van der Waals surface area contributed by atoms with Crippen molar-refractivity contribution in [3.05, 3.63) is 24.8 Å². The van der Waals surface area contributed by atoms with Crippen molar-refractivity contribution in [1.82, 2.24) is 0 Å². The van der Waals surface area contributed by atoms with E-state index < -0.39 is 11.9 Å². The maximum absolute atomic E-state index is 10.9. The lowest BCUT2D eigenvalue weighted by Gasteiger charge is -2.02. The Kier molecular flexibility index (Phi) is 15.4. The number of aliphatic carboxylic acids is 1. The number of carboxylic acids is 1. The van der Waals surface area contributed by atoms with Crippen molar-refractivity contribution in [2.24, 2.45) is 0 Å². The molecule has 126 valence electrons. The van der Waals surface area contributed by atoms with E-state index in [2.05, 4.69) is 24.8 Å². The van der Waals surface area contributed by atoms with Crippen molar-refractivity contribution in [2.75, 3.05) is 13.2 Å². The van der Waals surface area contributed by atoms with E-state index in [1.165, 1.54) is 12.8 Å². The molecule has 6 heteroatoms. The lowest BCUT2D eigenvalue weighted by Crippen LogP contribution is -2.06. The smallest absolute Gasteiger partial charge is 0.333 e. The summed E-state index contributed by atoms with van der Waals surface area (Å²) in [5, 5.41) is 8.08. The standard InChI is InChI=1S/C10H18O2.C6H8O4/c1-4-5-6-7-8-12-10(11)9(2)3;1-2-6(9)10-4-3-5(7)8/h2,4-8H2,1,3H3;2H,1,3-4H2,(H,7,8). The number of carboxylic acid groups (broad SMARTS) is 1. The van der Waals surface area contributed by atoms with Gasteiger partial charge in [0.15, 0.2) is 0 Å². The maximum atomic E-state index is 10.9. The van der Waals surface area contributed by atoms with Crippen molar-refractivity contribution < 1.29 is 29.0 Å². The van der Waals surface area contributed by atoms with E-state index >= 15 is 0 Å². The zero-order valence-electron chi connectivity index (χ0n) is 13.4. The van der Waals surface area contributed by atoms with Crippen LogP contribution in [0.1, 0.15) is 46.0 Å². The molecule has 0 radical (unpaired) electrons. The molecule has 0 aromatic rings. The quantitative estimate of drug-likeness (QED) is 0.379. The van der Waals surface area contributed by atoms with Gasteiger partial charge in [-0.3, -0.25) is 4.79 Å². The van der Waals surface area contributed by atoms with Crippen LogP contribution in [0.15, 0.2) is 24.8 Å². The lowest BCUT2D eigenvalue weighted by molar-refractivity contribution is -0.143. The number of carbonyl (C=O) groups is 3. The zero-order chi connectivity index (χ0) is 17.4. The first kappa shape index (κ1) is 22.2. The molecule has 0 bridgehead atoms. The predicted molar refractivity (Wildman–Crippen MR) is 83.3 cm³/mol. The monoisotopic (exact) mass is 314 g/mol. The molecule has 0 atom stereocenters. The molecule has 6 nitrogen and oxygen atoms in total. The SMILES string of the molecule is C=C(C)C(=O)OCCCCCC.C=CC(=O)OCCC(=O)O. The van der Waals surface area contributed by atoms with Crippen LogP contribution in [0, 0.1) is 0 Å². The number of unbranched alkanes of at least 4 members (excludes halogenated alkanes) is 3. The van der Waals surface area contributed by atoms with Crippen LogP contribution in [0.2, 0.25) is 0 Å². The minimum atomic E-state index is -0.989. The van der Waals surface area contributed by atoms with E-state index in [4.69, 9.17) is 9.84 Å². The molecule has 0 rings (SSSR count). The average molecular weight is 314 g/mol. The Hall–Kier alpha value is -2.11. The summed E-state index contributed by atoms with van der Waals surface area (Å²) >= 11 is 0. The molecule has 1 N–H and O–H groups in total. The topological polar surface area (TPSA) is 89.9 Å². The van der Waals surface area contributed by atoms with Crippen LogP contribution in [-0.2, 0) is 23.9 Å². The van der Waals surface area contributed by atoms with Gasteiger partial charge in [0.05, 0.1) is 13.0 Å². The fourth-order valence-corrected chi connectivity index (χ4v) is 1.11. The first-order valence-electron chi connectivity index (χ1n) is 7.18. The van der Waals surface area contributed by atoms with Gasteiger partial charge in [-0.1, -0.05) is 39.3 Å². The molecule has 22 heavy (non-hydrogen) atoms. The van der Waals surface area contributed by atoms with E-state index in [0.717, 1.165) is 18.9 Å². The molecule has 0 unspecified atom stereocenters. The Morgan fingerprint density at radius 2 is 1.73 bits per heavy atom. The van der Waals surface area contributed by atoms with Crippen molar-refractivity contribution in [3.63, 3.8) is 0 Å².